The molecule has 0 aliphatic carbocycles. The van der Waals surface area contributed by atoms with E-state index in [4.69, 9.17) is 4.98 Å². The highest BCUT2D eigenvalue weighted by molar-refractivity contribution is 8.00. The lowest BCUT2D eigenvalue weighted by atomic mass is 10.2. The molecule has 0 bridgehead atoms. The van der Waals surface area contributed by atoms with Gasteiger partial charge in [-0.05, 0) is 48.9 Å². The predicted octanol–water partition coefficient (Wildman–Crippen LogP) is 7.37. The van der Waals surface area contributed by atoms with Gasteiger partial charge in [-0.25, -0.2) is 4.98 Å². The second-order valence-electron chi connectivity index (χ2n) is 9.52. The molecule has 1 aliphatic heterocycles. The van der Waals surface area contributed by atoms with Gasteiger partial charge in [-0.3, -0.25) is 19.1 Å². The van der Waals surface area contributed by atoms with Gasteiger partial charge in [0.05, 0.1) is 22.1 Å². The summed E-state index contributed by atoms with van der Waals surface area (Å²) in [6.45, 7) is 1.98. The van der Waals surface area contributed by atoms with Crippen LogP contribution >= 0.6 is 23.5 Å². The van der Waals surface area contributed by atoms with Crippen molar-refractivity contribution in [2.45, 2.75) is 33.5 Å². The number of carbonyl (C=O) groups is 2. The molecule has 1 amide bonds. The Morgan fingerprint density at radius 1 is 0.805 bits per heavy atom. The number of hydrogen-bond donors (Lipinski definition) is 0. The first-order chi connectivity index (χ1) is 20.1. The molecular formula is C32H23N5O2S2. The second kappa shape index (κ2) is 10.5. The third-order valence-electron chi connectivity index (χ3n) is 7.03. The van der Waals surface area contributed by atoms with Crippen molar-refractivity contribution in [2.75, 3.05) is 4.90 Å². The van der Waals surface area contributed by atoms with Crippen LogP contribution in [0.25, 0.3) is 22.1 Å². The summed E-state index contributed by atoms with van der Waals surface area (Å²) in [6.07, 6.45) is 0.560. The summed E-state index contributed by atoms with van der Waals surface area (Å²) >= 11 is 2.94. The molecule has 0 saturated carbocycles. The fourth-order valence-corrected chi connectivity index (χ4v) is 7.02. The van der Waals surface area contributed by atoms with Crippen LogP contribution in [0.2, 0.25) is 0 Å². The molecule has 1 unspecified atom stereocenters. The summed E-state index contributed by atoms with van der Waals surface area (Å²) in [5.74, 6) is -0.252. The molecule has 0 radical (unpaired) electrons. The molecule has 9 heteroatoms. The van der Waals surface area contributed by atoms with Crippen LogP contribution in [0.3, 0.4) is 0 Å². The molecule has 0 fully saturated rings. The molecule has 1 atom stereocenters. The topological polar surface area (TPSA) is 81.0 Å². The number of fused-ring (bicyclic) bond motifs is 5. The van der Waals surface area contributed by atoms with E-state index in [-0.39, 0.29) is 11.8 Å². The number of benzene rings is 4. The Morgan fingerprint density at radius 3 is 2.15 bits per heavy atom. The molecule has 7 rings (SSSR count). The molecule has 4 aromatic carbocycles. The monoisotopic (exact) mass is 573 g/mol. The van der Waals surface area contributed by atoms with Crippen molar-refractivity contribution in [2.24, 2.45) is 0 Å². The van der Waals surface area contributed by atoms with Crippen molar-refractivity contribution < 1.29 is 9.59 Å². The van der Waals surface area contributed by atoms with E-state index in [0.717, 1.165) is 26.6 Å². The number of anilines is 2. The fraction of sp³-hybridized carbons (Fsp3) is 0.0938. The summed E-state index contributed by atoms with van der Waals surface area (Å²) in [7, 11) is 0. The van der Waals surface area contributed by atoms with Crippen LogP contribution in [0.1, 0.15) is 23.7 Å². The van der Waals surface area contributed by atoms with Crippen molar-refractivity contribution in [3.8, 4) is 0 Å². The highest BCUT2D eigenvalue weighted by atomic mass is 32.2. The zero-order valence-corrected chi connectivity index (χ0v) is 23.6. The zero-order valence-electron chi connectivity index (χ0n) is 22.0. The predicted molar refractivity (Wildman–Crippen MR) is 163 cm³/mol. The Balaban J connectivity index is 1.29. The average molecular weight is 574 g/mol. The Hall–Kier alpha value is -4.47. The van der Waals surface area contributed by atoms with Crippen LogP contribution in [-0.2, 0) is 4.79 Å². The Bertz CT molecular complexity index is 1910. The molecule has 6 aromatic rings. The molecule has 0 saturated heterocycles. The molecule has 200 valence electrons. The summed E-state index contributed by atoms with van der Waals surface area (Å²) in [6, 6.07) is 32.6. The highest BCUT2D eigenvalue weighted by Gasteiger charge is 2.33. The van der Waals surface area contributed by atoms with Gasteiger partial charge in [0.1, 0.15) is 5.52 Å². The van der Waals surface area contributed by atoms with Gasteiger partial charge in [-0.2, -0.15) is 0 Å². The average Bonchev–Trinajstić information content (AvgIpc) is 3.35. The Labute approximate surface area is 244 Å². The number of carbonyl (C=O) groups excluding carboxylic acids is 2. The van der Waals surface area contributed by atoms with Gasteiger partial charge in [0.2, 0.25) is 11.1 Å². The third-order valence-corrected chi connectivity index (χ3v) is 9.36. The van der Waals surface area contributed by atoms with Crippen molar-refractivity contribution in [3.63, 3.8) is 0 Å². The van der Waals surface area contributed by atoms with Gasteiger partial charge >= 0.3 is 0 Å². The lowest BCUT2D eigenvalue weighted by Gasteiger charge is -2.33. The first kappa shape index (κ1) is 25.5. The summed E-state index contributed by atoms with van der Waals surface area (Å²) < 4.78 is 1.59. The quantitative estimate of drug-likeness (QED) is 0.199. The van der Waals surface area contributed by atoms with Crippen molar-refractivity contribution >= 4 is 68.8 Å². The van der Waals surface area contributed by atoms with Crippen LogP contribution in [0.15, 0.2) is 118 Å². The van der Waals surface area contributed by atoms with E-state index in [0.29, 0.717) is 33.8 Å². The Morgan fingerprint density at radius 2 is 1.44 bits per heavy atom. The van der Waals surface area contributed by atoms with Gasteiger partial charge in [-0.15, -0.1) is 10.2 Å². The number of hydrogen-bond acceptors (Lipinski definition) is 7. The number of nitrogens with zero attached hydrogens (tertiary/aromatic N) is 5. The smallest absolute Gasteiger partial charge is 0.264 e. The van der Waals surface area contributed by atoms with Crippen LogP contribution in [0.4, 0.5) is 11.4 Å². The lowest BCUT2D eigenvalue weighted by Crippen LogP contribution is -2.35. The number of amides is 1. The summed E-state index contributed by atoms with van der Waals surface area (Å²) in [5, 5.41) is 9.58. The molecule has 7 nitrogen and oxygen atoms in total. The van der Waals surface area contributed by atoms with Crippen LogP contribution in [0.5, 0.6) is 0 Å². The summed E-state index contributed by atoms with van der Waals surface area (Å²) in [4.78, 5) is 36.6. The van der Waals surface area contributed by atoms with Crippen LogP contribution in [0, 0.1) is 0 Å². The molecule has 0 spiro atoms. The standard InChI is InChI=1S/C32H23N5O2S2/c1-2-25(31(39)36-23-16-8-10-18-26(23)40-27-19-11-9-17-24(27)36)41-32-33-29-28(34-35-32)21-14-6-7-15-22(21)37(29)30(38)20-12-4-3-5-13-20/h3-19,25H,2H2,1H3. The largest absolute Gasteiger partial charge is 0.278 e. The van der Waals surface area contributed by atoms with E-state index < -0.39 is 5.25 Å². The van der Waals surface area contributed by atoms with Crippen LogP contribution < -0.4 is 4.90 Å². The van der Waals surface area contributed by atoms with Crippen molar-refractivity contribution in [1.29, 1.82) is 0 Å². The van der Waals surface area contributed by atoms with Gasteiger partial charge in [0, 0.05) is 20.7 Å². The van der Waals surface area contributed by atoms with Gasteiger partial charge < -0.3 is 0 Å². The second-order valence-corrected chi connectivity index (χ2v) is 11.8. The van der Waals surface area contributed by atoms with E-state index in [1.165, 1.54) is 11.8 Å². The van der Waals surface area contributed by atoms with Crippen molar-refractivity contribution in [3.05, 3.63) is 109 Å². The summed E-state index contributed by atoms with van der Waals surface area (Å²) in [5.41, 5.74) is 3.95. The van der Waals surface area contributed by atoms with Gasteiger partial charge in [0.25, 0.3) is 5.91 Å². The maximum absolute atomic E-state index is 14.2. The number of aromatic nitrogens is 4. The van der Waals surface area contributed by atoms with E-state index in [1.807, 2.05) is 103 Å². The zero-order chi connectivity index (χ0) is 27.9. The molecule has 0 N–H and O–H groups in total. The van der Waals surface area contributed by atoms with E-state index in [9.17, 15) is 9.59 Å². The van der Waals surface area contributed by atoms with E-state index in [2.05, 4.69) is 10.2 Å². The lowest BCUT2D eigenvalue weighted by molar-refractivity contribution is -0.117. The van der Waals surface area contributed by atoms with Crippen molar-refractivity contribution in [1.82, 2.24) is 19.7 Å². The molecule has 41 heavy (non-hydrogen) atoms. The minimum atomic E-state index is -0.471. The van der Waals surface area contributed by atoms with Gasteiger partial charge in [-0.1, -0.05) is 91.1 Å². The normalized spacial score (nSPS) is 13.1. The number of para-hydroxylation sites is 3. The minimum Gasteiger partial charge on any atom is -0.278 e. The maximum Gasteiger partial charge on any atom is 0.264 e. The maximum atomic E-state index is 14.2. The number of thioether (sulfide) groups is 1. The van der Waals surface area contributed by atoms with E-state index >= 15 is 0 Å². The van der Waals surface area contributed by atoms with Gasteiger partial charge in [0.15, 0.2) is 5.65 Å². The minimum absolute atomic E-state index is 0.0534. The molecule has 1 aliphatic rings. The number of rotatable bonds is 5. The molecule has 2 aromatic heterocycles. The third kappa shape index (κ3) is 4.38. The fourth-order valence-electron chi connectivity index (χ4n) is 5.10. The highest BCUT2D eigenvalue weighted by Crippen LogP contribution is 2.48. The Kier molecular flexibility index (Phi) is 6.53. The molecular weight excluding hydrogens is 551 g/mol. The van der Waals surface area contributed by atoms with Crippen LogP contribution in [-0.4, -0.2) is 36.8 Å². The SMILES string of the molecule is CCC(Sc1nnc2c3ccccc3n(C(=O)c3ccccc3)c2n1)C(=O)N1c2ccccc2Sc2ccccc21. The first-order valence-corrected chi connectivity index (χ1v) is 14.9. The molecule has 3 heterocycles. The van der Waals surface area contributed by atoms with E-state index in [1.54, 1.807) is 28.5 Å². The first-order valence-electron chi connectivity index (χ1n) is 13.2.